The highest BCUT2D eigenvalue weighted by molar-refractivity contribution is 9.10. The third-order valence-corrected chi connectivity index (χ3v) is 8.62. The van der Waals surface area contributed by atoms with E-state index in [9.17, 15) is 18.1 Å². The second-order valence-corrected chi connectivity index (χ2v) is 10.8. The average molecular weight is 543 g/mol. The molecule has 0 bridgehead atoms. The summed E-state index contributed by atoms with van der Waals surface area (Å²) in [5.41, 5.74) is -1.86. The summed E-state index contributed by atoms with van der Waals surface area (Å²) < 4.78 is 41.9. The van der Waals surface area contributed by atoms with E-state index in [2.05, 4.69) is 21.2 Å². The number of thiophene rings is 1. The van der Waals surface area contributed by atoms with E-state index in [1.807, 2.05) is 42.1 Å². The largest absolute Gasteiger partial charge is 0.400 e. The van der Waals surface area contributed by atoms with Crippen LogP contribution in [0.1, 0.15) is 20.8 Å². The number of nitrogens with one attached hydrogen (secondary N) is 1. The number of fused-ring (bicyclic) bond motifs is 2. The first-order valence-electron chi connectivity index (χ1n) is 9.48. The second-order valence-electron chi connectivity index (χ2n) is 7.33. The standard InChI is InChI=1S/C21H18BrF2N2O4PS/c1-26-11-13(14-4-2-3-5-16(14)26)8-9-25-20(27)12-6-7-17-15(10-12)18(22)19(32-17)21(23,24)31(28,29)30/h2-7,10-11H,8-9H2,1H3,(H,25,27)(H2,28,29,30). The van der Waals surface area contributed by atoms with Crippen LogP contribution in [0.25, 0.3) is 21.0 Å². The molecule has 0 saturated heterocycles. The van der Waals surface area contributed by atoms with E-state index in [1.165, 1.54) is 18.2 Å². The van der Waals surface area contributed by atoms with Gasteiger partial charge in [-0.15, -0.1) is 11.3 Å². The lowest BCUT2D eigenvalue weighted by Gasteiger charge is -2.16. The van der Waals surface area contributed by atoms with Crippen LogP contribution in [0.15, 0.2) is 53.1 Å². The molecule has 2 aromatic carbocycles. The lowest BCUT2D eigenvalue weighted by atomic mass is 10.1. The monoisotopic (exact) mass is 542 g/mol. The molecule has 0 fully saturated rings. The van der Waals surface area contributed by atoms with Gasteiger partial charge in [-0.2, -0.15) is 8.78 Å². The minimum atomic E-state index is -5.70. The highest BCUT2D eigenvalue weighted by atomic mass is 79.9. The zero-order chi connectivity index (χ0) is 23.3. The Kier molecular flexibility index (Phi) is 6.02. The summed E-state index contributed by atoms with van der Waals surface area (Å²) >= 11 is 3.60. The highest BCUT2D eigenvalue weighted by Gasteiger charge is 2.53. The first-order chi connectivity index (χ1) is 15.0. The van der Waals surface area contributed by atoms with E-state index in [0.717, 1.165) is 16.5 Å². The van der Waals surface area contributed by atoms with Crippen molar-refractivity contribution in [2.24, 2.45) is 7.05 Å². The van der Waals surface area contributed by atoms with Gasteiger partial charge < -0.3 is 19.7 Å². The smallest absolute Gasteiger partial charge is 0.352 e. The third-order valence-electron chi connectivity index (χ3n) is 5.19. The quantitative estimate of drug-likeness (QED) is 0.286. The second kappa shape index (κ2) is 8.35. The number of nitrogens with zero attached hydrogens (tertiary/aromatic N) is 1. The number of hydrogen-bond acceptors (Lipinski definition) is 3. The number of amides is 1. The molecule has 0 spiro atoms. The Morgan fingerprint density at radius 2 is 1.94 bits per heavy atom. The fourth-order valence-electron chi connectivity index (χ4n) is 3.57. The van der Waals surface area contributed by atoms with Crippen molar-refractivity contribution in [2.45, 2.75) is 12.1 Å². The molecule has 0 atom stereocenters. The summed E-state index contributed by atoms with van der Waals surface area (Å²) in [5, 5.41) is 4.24. The summed E-state index contributed by atoms with van der Waals surface area (Å²) in [7, 11) is -3.74. The van der Waals surface area contributed by atoms with E-state index in [-0.39, 0.29) is 15.9 Å². The molecular weight excluding hydrogens is 525 g/mol. The van der Waals surface area contributed by atoms with Crippen molar-refractivity contribution in [3.63, 3.8) is 0 Å². The molecule has 0 unspecified atom stereocenters. The van der Waals surface area contributed by atoms with Crippen LogP contribution in [0.5, 0.6) is 0 Å². The molecule has 0 saturated carbocycles. The zero-order valence-electron chi connectivity index (χ0n) is 16.7. The van der Waals surface area contributed by atoms with Crippen LogP contribution in [0.3, 0.4) is 0 Å². The molecular formula is C21H18BrF2N2O4PS. The Bertz CT molecular complexity index is 1400. The molecule has 0 aliphatic carbocycles. The van der Waals surface area contributed by atoms with Gasteiger partial charge in [0.15, 0.2) is 0 Å². The number of halogens is 3. The molecule has 0 aliphatic rings. The minimum Gasteiger partial charge on any atom is -0.352 e. The van der Waals surface area contributed by atoms with Crippen LogP contribution in [0.4, 0.5) is 8.78 Å². The zero-order valence-corrected chi connectivity index (χ0v) is 20.0. The van der Waals surface area contributed by atoms with Crippen LogP contribution in [-0.2, 0) is 23.7 Å². The summed E-state index contributed by atoms with van der Waals surface area (Å²) in [6.07, 6.45) is 2.64. The van der Waals surface area contributed by atoms with E-state index in [4.69, 9.17) is 9.79 Å². The molecule has 3 N–H and O–H groups in total. The van der Waals surface area contributed by atoms with Gasteiger partial charge in [-0.25, -0.2) is 0 Å². The first kappa shape index (κ1) is 23.1. The van der Waals surface area contributed by atoms with Gasteiger partial charge in [0, 0.05) is 50.8 Å². The van der Waals surface area contributed by atoms with E-state index < -0.39 is 18.1 Å². The third kappa shape index (κ3) is 4.02. The SMILES string of the molecule is Cn1cc(CCNC(=O)c2ccc3sc(C(F)(F)P(=O)(O)O)c(Br)c3c2)c2ccccc21. The highest BCUT2D eigenvalue weighted by Crippen LogP contribution is 2.62. The fourth-order valence-corrected chi connectivity index (χ4v) is 6.50. The van der Waals surface area contributed by atoms with Gasteiger partial charge in [-0.05, 0) is 52.2 Å². The lowest BCUT2D eigenvalue weighted by Crippen LogP contribution is -2.25. The molecule has 4 aromatic rings. The van der Waals surface area contributed by atoms with Gasteiger partial charge in [0.1, 0.15) is 4.88 Å². The molecule has 0 radical (unpaired) electrons. The number of benzene rings is 2. The number of aryl methyl sites for hydroxylation is 1. The molecule has 0 aliphatic heterocycles. The number of rotatable bonds is 6. The van der Waals surface area contributed by atoms with Gasteiger partial charge in [-0.1, -0.05) is 18.2 Å². The number of carbonyl (C=O) groups is 1. The molecule has 4 rings (SSSR count). The summed E-state index contributed by atoms with van der Waals surface area (Å²) in [6.45, 7) is 0.386. The number of aromatic nitrogens is 1. The predicted molar refractivity (Wildman–Crippen MR) is 124 cm³/mol. The molecule has 2 aromatic heterocycles. The Hall–Kier alpha value is -2.10. The van der Waals surface area contributed by atoms with Crippen LogP contribution < -0.4 is 5.32 Å². The molecule has 168 valence electrons. The maximum Gasteiger partial charge on any atom is 0.400 e. The van der Waals surface area contributed by atoms with Gasteiger partial charge in [0.05, 0.1) is 0 Å². The Balaban J connectivity index is 1.53. The molecule has 6 nitrogen and oxygen atoms in total. The van der Waals surface area contributed by atoms with E-state index in [1.54, 1.807) is 0 Å². The molecule has 1 amide bonds. The van der Waals surface area contributed by atoms with Crippen molar-refractivity contribution in [3.05, 3.63) is 69.1 Å². The van der Waals surface area contributed by atoms with Crippen LogP contribution in [0, 0.1) is 0 Å². The van der Waals surface area contributed by atoms with Crippen molar-refractivity contribution in [2.75, 3.05) is 6.54 Å². The first-order valence-corrected chi connectivity index (χ1v) is 12.7. The van der Waals surface area contributed by atoms with Crippen molar-refractivity contribution in [1.29, 1.82) is 0 Å². The Morgan fingerprint density at radius 1 is 1.22 bits per heavy atom. The van der Waals surface area contributed by atoms with Crippen molar-refractivity contribution < 1.29 is 27.9 Å². The minimum absolute atomic E-state index is 0.128. The Morgan fingerprint density at radius 3 is 2.66 bits per heavy atom. The van der Waals surface area contributed by atoms with Crippen LogP contribution in [-0.4, -0.2) is 26.8 Å². The van der Waals surface area contributed by atoms with Crippen molar-refractivity contribution in [3.8, 4) is 0 Å². The van der Waals surface area contributed by atoms with Gasteiger partial charge in [-0.3, -0.25) is 9.36 Å². The maximum absolute atomic E-state index is 14.2. The molecule has 32 heavy (non-hydrogen) atoms. The summed E-state index contributed by atoms with van der Waals surface area (Å²) in [4.78, 5) is 29.9. The number of para-hydroxylation sites is 1. The van der Waals surface area contributed by atoms with Crippen LogP contribution >= 0.6 is 34.9 Å². The van der Waals surface area contributed by atoms with Gasteiger partial charge in [0.25, 0.3) is 5.91 Å². The Labute approximate surface area is 194 Å². The van der Waals surface area contributed by atoms with Crippen molar-refractivity contribution >= 4 is 61.8 Å². The number of carbonyl (C=O) groups excluding carboxylic acids is 1. The molecule has 2 heterocycles. The summed E-state index contributed by atoms with van der Waals surface area (Å²) in [5.74, 6) is -0.367. The van der Waals surface area contributed by atoms with E-state index >= 15 is 0 Å². The number of alkyl halides is 2. The lowest BCUT2D eigenvalue weighted by molar-refractivity contribution is 0.0595. The summed E-state index contributed by atoms with van der Waals surface area (Å²) in [6, 6.07) is 12.4. The topological polar surface area (TPSA) is 91.6 Å². The fraction of sp³-hybridized carbons (Fsp3) is 0.190. The number of hydrogen-bond donors (Lipinski definition) is 3. The normalized spacial score (nSPS) is 12.6. The average Bonchev–Trinajstić information content (AvgIpc) is 3.24. The predicted octanol–water partition coefficient (Wildman–Crippen LogP) is 5.36. The van der Waals surface area contributed by atoms with Crippen LogP contribution in [0.2, 0.25) is 0 Å². The molecule has 11 heteroatoms. The van der Waals surface area contributed by atoms with E-state index in [0.29, 0.717) is 34.4 Å². The van der Waals surface area contributed by atoms with Gasteiger partial charge in [0.2, 0.25) is 0 Å². The maximum atomic E-state index is 14.2. The van der Waals surface area contributed by atoms with Gasteiger partial charge >= 0.3 is 13.3 Å². The van der Waals surface area contributed by atoms with Crippen molar-refractivity contribution in [1.82, 2.24) is 9.88 Å².